The topological polar surface area (TPSA) is 55.9 Å². The maximum absolute atomic E-state index is 12.5. The lowest BCUT2D eigenvalue weighted by atomic mass is 10.1. The zero-order chi connectivity index (χ0) is 19.2. The number of nitrogens with one attached hydrogen (secondary N) is 1. The second-order valence-electron chi connectivity index (χ2n) is 7.85. The summed E-state index contributed by atoms with van der Waals surface area (Å²) in [5.41, 5.74) is 2.34. The second-order valence-corrected chi connectivity index (χ2v) is 7.85. The van der Waals surface area contributed by atoms with Crippen LogP contribution in [0.1, 0.15) is 37.3 Å². The largest absolute Gasteiger partial charge is 0.336 e. The highest BCUT2D eigenvalue weighted by Gasteiger charge is 2.27. The Bertz CT molecular complexity index is 640. The monoisotopic (exact) mass is 372 g/mol. The van der Waals surface area contributed by atoms with Crippen molar-refractivity contribution in [3.63, 3.8) is 0 Å². The first kappa shape index (κ1) is 19.7. The molecule has 0 spiro atoms. The summed E-state index contributed by atoms with van der Waals surface area (Å²) in [4.78, 5) is 30.8. The molecule has 0 unspecified atom stereocenters. The molecule has 0 radical (unpaired) electrons. The lowest BCUT2D eigenvalue weighted by Gasteiger charge is -2.36. The van der Waals surface area contributed by atoms with E-state index in [0.717, 1.165) is 18.7 Å². The van der Waals surface area contributed by atoms with Crippen molar-refractivity contribution in [2.75, 3.05) is 39.3 Å². The van der Waals surface area contributed by atoms with Crippen LogP contribution in [-0.2, 0) is 11.3 Å². The average Bonchev–Trinajstić information content (AvgIpc) is 2.69. The highest BCUT2D eigenvalue weighted by molar-refractivity contribution is 5.85. The third kappa shape index (κ3) is 5.45. The number of urea groups is 1. The molecule has 1 aromatic carbocycles. The zero-order valence-corrected chi connectivity index (χ0v) is 16.6. The van der Waals surface area contributed by atoms with E-state index in [4.69, 9.17) is 0 Å². The summed E-state index contributed by atoms with van der Waals surface area (Å²) in [6, 6.07) is 8.46. The summed E-state index contributed by atoms with van der Waals surface area (Å²) in [5.74, 6) is 0.0149. The summed E-state index contributed by atoms with van der Waals surface area (Å²) < 4.78 is 0. The van der Waals surface area contributed by atoms with E-state index in [-0.39, 0.29) is 18.5 Å². The molecule has 0 aromatic heterocycles. The number of hydrogen-bond acceptors (Lipinski definition) is 3. The maximum atomic E-state index is 12.5. The van der Waals surface area contributed by atoms with Crippen LogP contribution in [0.25, 0.3) is 0 Å². The lowest BCUT2D eigenvalue weighted by molar-refractivity contribution is -0.135. The van der Waals surface area contributed by atoms with Crippen molar-refractivity contribution in [1.82, 2.24) is 20.0 Å². The van der Waals surface area contributed by atoms with E-state index in [2.05, 4.69) is 48.3 Å². The molecule has 27 heavy (non-hydrogen) atoms. The predicted octanol–water partition coefficient (Wildman–Crippen LogP) is 2.22. The number of aryl methyl sites for hydroxylation is 1. The summed E-state index contributed by atoms with van der Waals surface area (Å²) in [6.45, 7) is 9.03. The number of amides is 3. The van der Waals surface area contributed by atoms with Crippen LogP contribution in [0.2, 0.25) is 0 Å². The molecule has 2 saturated heterocycles. The minimum Gasteiger partial charge on any atom is -0.336 e. The van der Waals surface area contributed by atoms with Gasteiger partial charge in [-0.15, -0.1) is 0 Å². The van der Waals surface area contributed by atoms with Crippen LogP contribution in [0, 0.1) is 6.92 Å². The smallest absolute Gasteiger partial charge is 0.317 e. The number of carbonyl (C=O) groups is 2. The Morgan fingerprint density at radius 2 is 1.78 bits per heavy atom. The lowest BCUT2D eigenvalue weighted by Crippen LogP contribution is -2.55. The Kier molecular flexibility index (Phi) is 6.72. The number of piperazine rings is 1. The molecule has 1 N–H and O–H groups in total. The molecule has 0 bridgehead atoms. The van der Waals surface area contributed by atoms with E-state index in [1.165, 1.54) is 24.8 Å². The van der Waals surface area contributed by atoms with Gasteiger partial charge in [-0.2, -0.15) is 0 Å². The van der Waals surface area contributed by atoms with Crippen LogP contribution in [0.5, 0.6) is 0 Å². The summed E-state index contributed by atoms with van der Waals surface area (Å²) in [5, 5.41) is 3.02. The van der Waals surface area contributed by atoms with Crippen molar-refractivity contribution in [2.24, 2.45) is 0 Å². The van der Waals surface area contributed by atoms with E-state index < -0.39 is 0 Å². The van der Waals surface area contributed by atoms with Crippen molar-refractivity contribution < 1.29 is 9.59 Å². The van der Waals surface area contributed by atoms with Gasteiger partial charge in [-0.3, -0.25) is 9.69 Å². The number of likely N-dealkylation sites (tertiary alicyclic amines) is 1. The second kappa shape index (κ2) is 9.22. The molecule has 3 rings (SSSR count). The zero-order valence-electron chi connectivity index (χ0n) is 16.6. The van der Waals surface area contributed by atoms with Gasteiger partial charge in [0.15, 0.2) is 0 Å². The third-order valence-corrected chi connectivity index (χ3v) is 5.66. The first-order valence-electron chi connectivity index (χ1n) is 10.1. The Hall–Kier alpha value is -2.08. The van der Waals surface area contributed by atoms with Gasteiger partial charge in [0.25, 0.3) is 0 Å². The molecule has 0 saturated carbocycles. The van der Waals surface area contributed by atoms with Crippen LogP contribution in [-0.4, -0.2) is 71.9 Å². The van der Waals surface area contributed by atoms with Crippen LogP contribution in [0.3, 0.4) is 0 Å². The van der Waals surface area contributed by atoms with Crippen LogP contribution in [0.15, 0.2) is 24.3 Å². The van der Waals surface area contributed by atoms with Crippen LogP contribution in [0.4, 0.5) is 4.79 Å². The number of rotatable bonds is 5. The SMILES string of the molecule is Cc1ccc(CN2CCN(C(=O)NC[C@H](C)N3CCCCC3)CC2=O)cc1. The third-order valence-electron chi connectivity index (χ3n) is 5.66. The fourth-order valence-corrected chi connectivity index (χ4v) is 3.80. The molecule has 2 aliphatic heterocycles. The molecule has 1 aromatic rings. The Balaban J connectivity index is 1.43. The summed E-state index contributed by atoms with van der Waals surface area (Å²) in [7, 11) is 0. The molecule has 6 nitrogen and oxygen atoms in total. The normalized spacial score (nSPS) is 19.9. The number of benzene rings is 1. The van der Waals surface area contributed by atoms with Gasteiger partial charge >= 0.3 is 6.03 Å². The van der Waals surface area contributed by atoms with Gasteiger partial charge in [0.2, 0.25) is 5.91 Å². The number of nitrogens with zero attached hydrogens (tertiary/aromatic N) is 3. The average molecular weight is 373 g/mol. The van der Waals surface area contributed by atoms with Gasteiger partial charge in [0, 0.05) is 32.2 Å². The van der Waals surface area contributed by atoms with Crippen molar-refractivity contribution in [3.05, 3.63) is 35.4 Å². The highest BCUT2D eigenvalue weighted by Crippen LogP contribution is 2.13. The number of piperidine rings is 1. The summed E-state index contributed by atoms with van der Waals surface area (Å²) in [6.07, 6.45) is 3.80. The molecule has 2 aliphatic rings. The van der Waals surface area contributed by atoms with E-state index in [1.807, 2.05) is 4.90 Å². The molecule has 6 heteroatoms. The fourth-order valence-electron chi connectivity index (χ4n) is 3.80. The van der Waals surface area contributed by atoms with Crippen LogP contribution >= 0.6 is 0 Å². The van der Waals surface area contributed by atoms with Crippen molar-refractivity contribution in [1.29, 1.82) is 0 Å². The molecule has 2 heterocycles. The summed E-state index contributed by atoms with van der Waals surface area (Å²) >= 11 is 0. The fraction of sp³-hybridized carbons (Fsp3) is 0.619. The van der Waals surface area contributed by atoms with Gasteiger partial charge in [0.05, 0.1) is 0 Å². The first-order chi connectivity index (χ1) is 13.0. The molecule has 3 amide bonds. The van der Waals surface area contributed by atoms with E-state index in [9.17, 15) is 9.59 Å². The van der Waals surface area contributed by atoms with Gasteiger partial charge in [-0.1, -0.05) is 36.2 Å². The Labute approximate surface area is 162 Å². The van der Waals surface area contributed by atoms with Crippen molar-refractivity contribution in [3.8, 4) is 0 Å². The molecule has 0 aliphatic carbocycles. The van der Waals surface area contributed by atoms with Gasteiger partial charge in [-0.05, 0) is 45.3 Å². The molecule has 1 atom stereocenters. The quantitative estimate of drug-likeness (QED) is 0.862. The van der Waals surface area contributed by atoms with Crippen LogP contribution < -0.4 is 5.32 Å². The van der Waals surface area contributed by atoms with E-state index in [0.29, 0.717) is 32.2 Å². The minimum atomic E-state index is -0.123. The van der Waals surface area contributed by atoms with E-state index >= 15 is 0 Å². The maximum Gasteiger partial charge on any atom is 0.317 e. The molecule has 148 valence electrons. The van der Waals surface area contributed by atoms with Crippen molar-refractivity contribution >= 4 is 11.9 Å². The number of hydrogen-bond donors (Lipinski definition) is 1. The van der Waals surface area contributed by atoms with Crippen molar-refractivity contribution in [2.45, 2.75) is 45.7 Å². The van der Waals surface area contributed by atoms with Gasteiger partial charge in [0.1, 0.15) is 6.54 Å². The molecular formula is C21H32N4O2. The predicted molar refractivity (Wildman–Crippen MR) is 106 cm³/mol. The Morgan fingerprint density at radius 3 is 2.44 bits per heavy atom. The Morgan fingerprint density at radius 1 is 1.07 bits per heavy atom. The minimum absolute atomic E-state index is 0.0149. The van der Waals surface area contributed by atoms with Gasteiger partial charge < -0.3 is 15.1 Å². The standard InChI is InChI=1S/C21H32N4O2/c1-17-6-8-19(9-7-17)15-24-12-13-25(16-20(24)26)21(27)22-14-18(2)23-10-4-3-5-11-23/h6-9,18H,3-5,10-16H2,1-2H3,(H,22,27)/t18-/m0/s1. The van der Waals surface area contributed by atoms with E-state index in [1.54, 1.807) is 4.90 Å². The highest BCUT2D eigenvalue weighted by atomic mass is 16.2. The number of carbonyl (C=O) groups excluding carboxylic acids is 2. The first-order valence-corrected chi connectivity index (χ1v) is 10.1. The van der Waals surface area contributed by atoms with Gasteiger partial charge in [-0.25, -0.2) is 4.79 Å². The molecular weight excluding hydrogens is 340 g/mol. The molecule has 2 fully saturated rings.